The van der Waals surface area contributed by atoms with E-state index in [1.165, 1.54) is 25.5 Å². The number of carbonyl (C=O) groups excluding carboxylic acids is 1. The van der Waals surface area contributed by atoms with Crippen molar-refractivity contribution in [3.05, 3.63) is 52.0 Å². The second-order valence-electron chi connectivity index (χ2n) is 5.40. The molecule has 0 aromatic heterocycles. The minimum absolute atomic E-state index is 0.114. The van der Waals surface area contributed by atoms with Crippen LogP contribution in [0.1, 0.15) is 16.7 Å². The largest absolute Gasteiger partial charge is 0.504 e. The lowest BCUT2D eigenvalue weighted by Crippen LogP contribution is -2.24. The van der Waals surface area contributed by atoms with Crippen molar-refractivity contribution >= 4 is 23.7 Å². The highest BCUT2D eigenvalue weighted by Crippen LogP contribution is 2.32. The van der Waals surface area contributed by atoms with Crippen LogP contribution in [0.3, 0.4) is 0 Å². The van der Waals surface area contributed by atoms with Crippen molar-refractivity contribution in [2.75, 3.05) is 13.7 Å². The normalized spacial score (nSPS) is 10.7. The second kappa shape index (κ2) is 8.39. The highest BCUT2D eigenvalue weighted by Gasteiger charge is 2.09. The number of nitrogens with zero attached hydrogens (tertiary/aromatic N) is 1. The fourth-order valence-corrected chi connectivity index (χ4v) is 2.38. The molecule has 2 aromatic rings. The maximum Gasteiger partial charge on any atom is 0.277 e. The fourth-order valence-electron chi connectivity index (χ4n) is 2.16. The smallest absolute Gasteiger partial charge is 0.277 e. The second-order valence-corrected chi connectivity index (χ2v) is 5.83. The van der Waals surface area contributed by atoms with Crippen LogP contribution in [-0.4, -0.2) is 30.9 Å². The van der Waals surface area contributed by atoms with Gasteiger partial charge in [0.1, 0.15) is 5.75 Å². The summed E-state index contributed by atoms with van der Waals surface area (Å²) in [5.74, 6) is 0.321. The van der Waals surface area contributed by atoms with Crippen LogP contribution in [0.25, 0.3) is 0 Å². The van der Waals surface area contributed by atoms with Crippen molar-refractivity contribution in [3.63, 3.8) is 0 Å². The van der Waals surface area contributed by atoms with Gasteiger partial charge < -0.3 is 14.6 Å². The van der Waals surface area contributed by atoms with Crippen LogP contribution in [0, 0.1) is 13.8 Å². The zero-order valence-corrected chi connectivity index (χ0v) is 14.9. The number of amides is 1. The van der Waals surface area contributed by atoms with Gasteiger partial charge in [-0.05, 0) is 31.5 Å². The van der Waals surface area contributed by atoms with Crippen molar-refractivity contribution in [1.29, 1.82) is 0 Å². The first kappa shape index (κ1) is 18.6. The Morgan fingerprint density at radius 3 is 2.72 bits per heavy atom. The molecule has 25 heavy (non-hydrogen) atoms. The van der Waals surface area contributed by atoms with Crippen LogP contribution < -0.4 is 14.9 Å². The molecule has 2 N–H and O–H groups in total. The average molecular weight is 363 g/mol. The molecule has 132 valence electrons. The zero-order chi connectivity index (χ0) is 18.4. The standard InChI is InChI=1S/C18H19ClN2O4/c1-11-4-5-15(12(2)6-11)25-10-17(22)21-20-9-13-7-14(19)8-16(24-3)18(13)23/h4-9,23H,10H2,1-3H3,(H,21,22). The molecule has 0 saturated heterocycles. The molecule has 0 fully saturated rings. The molecule has 0 aliphatic rings. The summed E-state index contributed by atoms with van der Waals surface area (Å²) in [6.07, 6.45) is 1.28. The van der Waals surface area contributed by atoms with Gasteiger partial charge in [0.25, 0.3) is 5.91 Å². The topological polar surface area (TPSA) is 80.2 Å². The lowest BCUT2D eigenvalue weighted by atomic mass is 10.1. The van der Waals surface area contributed by atoms with E-state index in [1.54, 1.807) is 0 Å². The molecule has 0 heterocycles. The third kappa shape index (κ3) is 5.12. The molecule has 0 spiro atoms. The zero-order valence-electron chi connectivity index (χ0n) is 14.2. The van der Waals surface area contributed by atoms with Crippen molar-refractivity contribution in [1.82, 2.24) is 5.43 Å². The highest BCUT2D eigenvalue weighted by atomic mass is 35.5. The first-order chi connectivity index (χ1) is 11.9. The Bertz CT molecular complexity index is 806. The SMILES string of the molecule is COc1cc(Cl)cc(C=NNC(=O)COc2ccc(C)cc2C)c1O. The number of hydrogen-bond donors (Lipinski definition) is 2. The van der Waals surface area contributed by atoms with E-state index in [4.69, 9.17) is 21.1 Å². The number of phenols is 1. The molecule has 0 bridgehead atoms. The Kier molecular flexibility index (Phi) is 6.25. The third-order valence-electron chi connectivity index (χ3n) is 3.37. The fraction of sp³-hybridized carbons (Fsp3) is 0.222. The van der Waals surface area contributed by atoms with Crippen LogP contribution in [0.4, 0.5) is 0 Å². The molecule has 7 heteroatoms. The van der Waals surface area contributed by atoms with Gasteiger partial charge in [-0.25, -0.2) is 5.43 Å². The Morgan fingerprint density at radius 1 is 1.28 bits per heavy atom. The summed E-state index contributed by atoms with van der Waals surface area (Å²) in [6, 6.07) is 8.68. The van der Waals surface area contributed by atoms with Crippen molar-refractivity contribution in [2.24, 2.45) is 5.10 Å². The molecular weight excluding hydrogens is 344 g/mol. The number of hydrogen-bond acceptors (Lipinski definition) is 5. The predicted molar refractivity (Wildman–Crippen MR) is 96.8 cm³/mol. The summed E-state index contributed by atoms with van der Waals surface area (Å²) in [6.45, 7) is 3.72. The summed E-state index contributed by atoms with van der Waals surface area (Å²) in [7, 11) is 1.42. The van der Waals surface area contributed by atoms with Gasteiger partial charge in [-0.2, -0.15) is 5.10 Å². The first-order valence-electron chi connectivity index (χ1n) is 7.49. The maximum absolute atomic E-state index is 11.8. The Morgan fingerprint density at radius 2 is 2.04 bits per heavy atom. The van der Waals surface area contributed by atoms with E-state index in [-0.39, 0.29) is 18.1 Å². The van der Waals surface area contributed by atoms with Gasteiger partial charge in [0.15, 0.2) is 18.1 Å². The monoisotopic (exact) mass is 362 g/mol. The van der Waals surface area contributed by atoms with Crippen LogP contribution in [0.15, 0.2) is 35.4 Å². The number of hydrazone groups is 1. The van der Waals surface area contributed by atoms with Crippen molar-refractivity contribution in [2.45, 2.75) is 13.8 Å². The van der Waals surface area contributed by atoms with E-state index < -0.39 is 5.91 Å². The quantitative estimate of drug-likeness (QED) is 0.611. The minimum Gasteiger partial charge on any atom is -0.504 e. The van der Waals surface area contributed by atoms with Crippen molar-refractivity contribution in [3.8, 4) is 17.2 Å². The van der Waals surface area contributed by atoms with Crippen LogP contribution in [0.2, 0.25) is 5.02 Å². The molecule has 2 rings (SSSR count). The molecule has 0 unspecified atom stereocenters. The van der Waals surface area contributed by atoms with Crippen LogP contribution >= 0.6 is 11.6 Å². The van der Waals surface area contributed by atoms with Gasteiger partial charge in [0.2, 0.25) is 0 Å². The average Bonchev–Trinajstić information content (AvgIpc) is 2.56. The number of benzene rings is 2. The molecule has 0 aliphatic carbocycles. The van der Waals surface area contributed by atoms with Gasteiger partial charge in [-0.3, -0.25) is 4.79 Å². The summed E-state index contributed by atoms with van der Waals surface area (Å²) in [5, 5.41) is 14.1. The van der Waals surface area contributed by atoms with Crippen molar-refractivity contribution < 1.29 is 19.4 Å². The van der Waals surface area contributed by atoms with Crippen LogP contribution in [-0.2, 0) is 4.79 Å². The Hall–Kier alpha value is -2.73. The third-order valence-corrected chi connectivity index (χ3v) is 3.59. The number of nitrogens with one attached hydrogen (secondary N) is 1. The van der Waals surface area contributed by atoms with Gasteiger partial charge in [0, 0.05) is 16.7 Å². The number of rotatable bonds is 6. The van der Waals surface area contributed by atoms with Gasteiger partial charge in [0.05, 0.1) is 13.3 Å². The number of halogens is 1. The van der Waals surface area contributed by atoms with E-state index in [2.05, 4.69) is 10.5 Å². The molecular formula is C18H19ClN2O4. The molecule has 6 nitrogen and oxygen atoms in total. The number of ether oxygens (including phenoxy) is 2. The summed E-state index contributed by atoms with van der Waals surface area (Å²) < 4.78 is 10.5. The molecule has 1 amide bonds. The predicted octanol–water partition coefficient (Wildman–Crippen LogP) is 3.20. The lowest BCUT2D eigenvalue weighted by Gasteiger charge is -2.09. The number of methoxy groups -OCH3 is 1. The molecule has 0 aliphatic heterocycles. The minimum atomic E-state index is -0.426. The highest BCUT2D eigenvalue weighted by molar-refractivity contribution is 6.31. The molecule has 0 atom stereocenters. The summed E-state index contributed by atoms with van der Waals surface area (Å²) in [4.78, 5) is 11.8. The van der Waals surface area contributed by atoms with Gasteiger partial charge in [-0.15, -0.1) is 0 Å². The molecule has 2 aromatic carbocycles. The summed E-state index contributed by atoms with van der Waals surface area (Å²) in [5.41, 5.74) is 4.72. The van der Waals surface area contributed by atoms with E-state index in [0.717, 1.165) is 11.1 Å². The van der Waals surface area contributed by atoms with E-state index in [0.29, 0.717) is 16.3 Å². The van der Waals surface area contributed by atoms with E-state index in [9.17, 15) is 9.90 Å². The van der Waals surface area contributed by atoms with Gasteiger partial charge in [-0.1, -0.05) is 29.3 Å². The van der Waals surface area contributed by atoms with E-state index >= 15 is 0 Å². The number of phenolic OH excluding ortho intramolecular Hbond substituents is 1. The lowest BCUT2D eigenvalue weighted by molar-refractivity contribution is -0.123. The molecule has 0 radical (unpaired) electrons. The number of carbonyl (C=O) groups is 1. The molecule has 0 saturated carbocycles. The number of aryl methyl sites for hydroxylation is 2. The maximum atomic E-state index is 11.8. The van der Waals surface area contributed by atoms with E-state index in [1.807, 2.05) is 32.0 Å². The van der Waals surface area contributed by atoms with Gasteiger partial charge >= 0.3 is 0 Å². The number of aromatic hydroxyl groups is 1. The Labute approximate surface area is 151 Å². The summed E-state index contributed by atoms with van der Waals surface area (Å²) >= 11 is 5.93. The first-order valence-corrected chi connectivity index (χ1v) is 7.87. The Balaban J connectivity index is 1.93. The van der Waals surface area contributed by atoms with Crippen LogP contribution in [0.5, 0.6) is 17.2 Å².